The summed E-state index contributed by atoms with van der Waals surface area (Å²) in [5, 5.41) is 2.77. The van der Waals surface area contributed by atoms with Crippen LogP contribution in [-0.4, -0.2) is 32.6 Å². The molecule has 132 valence electrons. The molecule has 0 spiro atoms. The van der Waals surface area contributed by atoms with Crippen molar-refractivity contribution in [3.8, 4) is 11.5 Å². The second kappa shape index (κ2) is 8.19. The molecule has 0 aromatic heterocycles. The average Bonchev–Trinajstić information content (AvgIpc) is 2.59. The van der Waals surface area contributed by atoms with Crippen molar-refractivity contribution in [2.75, 3.05) is 31.0 Å². The third-order valence-corrected chi connectivity index (χ3v) is 3.66. The molecule has 25 heavy (non-hydrogen) atoms. The summed E-state index contributed by atoms with van der Waals surface area (Å²) in [4.78, 5) is 25.9. The van der Waals surface area contributed by atoms with Crippen molar-refractivity contribution < 1.29 is 19.1 Å². The van der Waals surface area contributed by atoms with Crippen LogP contribution in [0.3, 0.4) is 0 Å². The number of benzene rings is 2. The van der Waals surface area contributed by atoms with Gasteiger partial charge in [0.25, 0.3) is 0 Å². The normalized spacial score (nSPS) is 10.1. The quantitative estimate of drug-likeness (QED) is 0.876. The molecule has 6 heteroatoms. The van der Waals surface area contributed by atoms with Gasteiger partial charge in [0.2, 0.25) is 11.8 Å². The van der Waals surface area contributed by atoms with Crippen molar-refractivity contribution in [1.29, 1.82) is 0 Å². The number of amides is 2. The number of aryl methyl sites for hydroxylation is 1. The number of anilines is 2. The first-order valence-corrected chi connectivity index (χ1v) is 7.81. The minimum Gasteiger partial charge on any atom is -0.497 e. The van der Waals surface area contributed by atoms with Gasteiger partial charge < -0.3 is 14.8 Å². The third-order valence-electron chi connectivity index (χ3n) is 3.66. The second-order valence-electron chi connectivity index (χ2n) is 5.56. The SMILES string of the molecule is COc1cccc(NC(=O)CN(C(C)=O)c2cc(C)ccc2OC)c1. The van der Waals surface area contributed by atoms with Gasteiger partial charge in [-0.2, -0.15) is 0 Å². The molecule has 0 fully saturated rings. The molecule has 2 aromatic rings. The maximum atomic E-state index is 12.4. The molecule has 0 heterocycles. The summed E-state index contributed by atoms with van der Waals surface area (Å²) < 4.78 is 10.5. The summed E-state index contributed by atoms with van der Waals surface area (Å²) >= 11 is 0. The third kappa shape index (κ3) is 4.73. The van der Waals surface area contributed by atoms with Crippen LogP contribution in [0.5, 0.6) is 11.5 Å². The number of nitrogens with one attached hydrogen (secondary N) is 1. The van der Waals surface area contributed by atoms with Crippen molar-refractivity contribution in [2.24, 2.45) is 0 Å². The number of hydrogen-bond acceptors (Lipinski definition) is 4. The van der Waals surface area contributed by atoms with Crippen molar-refractivity contribution in [2.45, 2.75) is 13.8 Å². The molecule has 0 bridgehead atoms. The fourth-order valence-electron chi connectivity index (χ4n) is 2.42. The summed E-state index contributed by atoms with van der Waals surface area (Å²) in [6.07, 6.45) is 0. The Balaban J connectivity index is 2.20. The Morgan fingerprint density at radius 2 is 1.84 bits per heavy atom. The van der Waals surface area contributed by atoms with Gasteiger partial charge in [-0.05, 0) is 36.8 Å². The van der Waals surface area contributed by atoms with Crippen molar-refractivity contribution in [3.05, 3.63) is 48.0 Å². The van der Waals surface area contributed by atoms with E-state index < -0.39 is 0 Å². The van der Waals surface area contributed by atoms with Crippen LogP contribution in [0.1, 0.15) is 12.5 Å². The minimum atomic E-state index is -0.313. The predicted molar refractivity (Wildman–Crippen MR) is 97.4 cm³/mol. The molecule has 6 nitrogen and oxygen atoms in total. The molecule has 2 aromatic carbocycles. The van der Waals surface area contributed by atoms with Crippen LogP contribution >= 0.6 is 0 Å². The Hall–Kier alpha value is -3.02. The zero-order valence-electron chi connectivity index (χ0n) is 14.8. The Kier molecular flexibility index (Phi) is 6.00. The number of ether oxygens (including phenoxy) is 2. The van der Waals surface area contributed by atoms with Crippen molar-refractivity contribution in [1.82, 2.24) is 0 Å². The average molecular weight is 342 g/mol. The van der Waals surface area contributed by atoms with Crippen molar-refractivity contribution >= 4 is 23.2 Å². The first-order valence-electron chi connectivity index (χ1n) is 7.81. The molecule has 0 aliphatic carbocycles. The number of carbonyl (C=O) groups is 2. The van der Waals surface area contributed by atoms with E-state index in [0.29, 0.717) is 22.9 Å². The summed E-state index contributed by atoms with van der Waals surface area (Å²) in [5.74, 6) is 0.619. The summed E-state index contributed by atoms with van der Waals surface area (Å²) in [6.45, 7) is 3.21. The molecule has 2 amide bonds. The van der Waals surface area contributed by atoms with Gasteiger partial charge in [0.05, 0.1) is 19.9 Å². The zero-order valence-corrected chi connectivity index (χ0v) is 14.8. The standard InChI is InChI=1S/C19H22N2O4/c1-13-8-9-18(25-4)17(10-13)21(14(2)22)12-19(23)20-15-6-5-7-16(11-15)24-3/h5-11H,12H2,1-4H3,(H,20,23). The van der Waals surface area contributed by atoms with Gasteiger partial charge in [0.1, 0.15) is 18.0 Å². The highest BCUT2D eigenvalue weighted by molar-refractivity contribution is 6.02. The van der Waals surface area contributed by atoms with E-state index in [1.165, 1.54) is 18.9 Å². The highest BCUT2D eigenvalue weighted by Gasteiger charge is 2.19. The van der Waals surface area contributed by atoms with E-state index in [-0.39, 0.29) is 18.4 Å². The molecular weight excluding hydrogens is 320 g/mol. The smallest absolute Gasteiger partial charge is 0.244 e. The van der Waals surface area contributed by atoms with Gasteiger partial charge in [-0.1, -0.05) is 12.1 Å². The number of hydrogen-bond donors (Lipinski definition) is 1. The van der Waals surface area contributed by atoms with Gasteiger partial charge in [0.15, 0.2) is 0 Å². The predicted octanol–water partition coefficient (Wildman–Crippen LogP) is 3.00. The fourth-order valence-corrected chi connectivity index (χ4v) is 2.42. The lowest BCUT2D eigenvalue weighted by Crippen LogP contribution is -2.37. The van der Waals surface area contributed by atoms with Crippen LogP contribution in [-0.2, 0) is 9.59 Å². The Morgan fingerprint density at radius 3 is 2.48 bits per heavy atom. The minimum absolute atomic E-state index is 0.119. The van der Waals surface area contributed by atoms with E-state index in [4.69, 9.17) is 9.47 Å². The van der Waals surface area contributed by atoms with E-state index in [2.05, 4.69) is 5.32 Å². The van der Waals surface area contributed by atoms with Gasteiger partial charge in [-0.25, -0.2) is 0 Å². The summed E-state index contributed by atoms with van der Waals surface area (Å²) in [7, 11) is 3.09. The molecule has 1 N–H and O–H groups in total. The fraction of sp³-hybridized carbons (Fsp3) is 0.263. The molecule has 2 rings (SSSR count). The van der Waals surface area contributed by atoms with Crippen LogP contribution in [0.25, 0.3) is 0 Å². The zero-order chi connectivity index (χ0) is 18.4. The largest absolute Gasteiger partial charge is 0.497 e. The lowest BCUT2D eigenvalue weighted by atomic mass is 10.2. The maximum absolute atomic E-state index is 12.4. The van der Waals surface area contributed by atoms with E-state index >= 15 is 0 Å². The Morgan fingerprint density at radius 1 is 1.08 bits per heavy atom. The van der Waals surface area contributed by atoms with E-state index in [0.717, 1.165) is 5.56 Å². The van der Waals surface area contributed by atoms with E-state index in [1.54, 1.807) is 37.4 Å². The molecule has 0 atom stereocenters. The second-order valence-corrected chi connectivity index (χ2v) is 5.56. The van der Waals surface area contributed by atoms with E-state index in [1.807, 2.05) is 19.1 Å². The van der Waals surface area contributed by atoms with Crippen LogP contribution in [0.2, 0.25) is 0 Å². The molecule has 0 radical (unpaired) electrons. The van der Waals surface area contributed by atoms with Gasteiger partial charge in [-0.15, -0.1) is 0 Å². The molecule has 0 aliphatic rings. The Bertz CT molecular complexity index is 774. The topological polar surface area (TPSA) is 67.9 Å². The molecule has 0 saturated carbocycles. The first kappa shape index (κ1) is 18.3. The molecule has 0 unspecified atom stereocenters. The molecule has 0 saturated heterocycles. The van der Waals surface area contributed by atoms with Gasteiger partial charge in [-0.3, -0.25) is 14.5 Å². The summed E-state index contributed by atoms with van der Waals surface area (Å²) in [6, 6.07) is 12.5. The number of methoxy groups -OCH3 is 2. The van der Waals surface area contributed by atoms with Gasteiger partial charge >= 0.3 is 0 Å². The van der Waals surface area contributed by atoms with Gasteiger partial charge in [0, 0.05) is 18.7 Å². The number of carbonyl (C=O) groups excluding carboxylic acids is 2. The molecular formula is C19H22N2O4. The highest BCUT2D eigenvalue weighted by atomic mass is 16.5. The number of rotatable bonds is 6. The maximum Gasteiger partial charge on any atom is 0.244 e. The van der Waals surface area contributed by atoms with Crippen molar-refractivity contribution in [3.63, 3.8) is 0 Å². The Labute approximate surface area is 147 Å². The lowest BCUT2D eigenvalue weighted by Gasteiger charge is -2.23. The van der Waals surface area contributed by atoms with Crippen LogP contribution in [0.15, 0.2) is 42.5 Å². The van der Waals surface area contributed by atoms with E-state index in [9.17, 15) is 9.59 Å². The summed E-state index contributed by atoms with van der Waals surface area (Å²) in [5.41, 5.74) is 2.13. The molecule has 0 aliphatic heterocycles. The van der Waals surface area contributed by atoms with Crippen LogP contribution < -0.4 is 19.7 Å². The van der Waals surface area contributed by atoms with Crippen LogP contribution in [0, 0.1) is 6.92 Å². The highest BCUT2D eigenvalue weighted by Crippen LogP contribution is 2.29. The number of nitrogens with zero attached hydrogens (tertiary/aromatic N) is 1. The van der Waals surface area contributed by atoms with Crippen LogP contribution in [0.4, 0.5) is 11.4 Å². The monoisotopic (exact) mass is 342 g/mol. The first-order chi connectivity index (χ1) is 11.9. The lowest BCUT2D eigenvalue weighted by molar-refractivity contribution is -0.120.